The Bertz CT molecular complexity index is 575. The summed E-state index contributed by atoms with van der Waals surface area (Å²) < 4.78 is 0. The van der Waals surface area contributed by atoms with E-state index in [1.807, 2.05) is 19.1 Å². The van der Waals surface area contributed by atoms with Crippen LogP contribution in [0.15, 0.2) is 23.0 Å². The van der Waals surface area contributed by atoms with Crippen LogP contribution in [0.4, 0.5) is 0 Å². The zero-order valence-electron chi connectivity index (χ0n) is 12.2. The highest BCUT2D eigenvalue weighted by Crippen LogP contribution is 2.16. The summed E-state index contributed by atoms with van der Waals surface area (Å²) in [6, 6.07) is 1.81. The Balaban J connectivity index is 2.26. The van der Waals surface area contributed by atoms with E-state index in [1.54, 1.807) is 11.0 Å². The lowest BCUT2D eigenvalue weighted by Gasteiger charge is -2.23. The third-order valence-corrected chi connectivity index (χ3v) is 3.39. The Kier molecular flexibility index (Phi) is 4.37. The van der Waals surface area contributed by atoms with Crippen molar-refractivity contribution in [3.63, 3.8) is 0 Å². The van der Waals surface area contributed by atoms with Gasteiger partial charge in [0.1, 0.15) is 5.69 Å². The molecule has 0 saturated heterocycles. The van der Waals surface area contributed by atoms with E-state index in [9.17, 15) is 9.59 Å². The van der Waals surface area contributed by atoms with Crippen molar-refractivity contribution in [3.05, 3.63) is 40.1 Å². The Morgan fingerprint density at radius 3 is 2.95 bits per heavy atom. The zero-order valence-corrected chi connectivity index (χ0v) is 12.2. The largest absolute Gasteiger partial charge is 0.345 e. The van der Waals surface area contributed by atoms with Gasteiger partial charge < -0.3 is 9.88 Å². The number of carbonyl (C=O) groups is 1. The molecule has 5 heteroatoms. The number of hydrogen-bond acceptors (Lipinski definition) is 3. The fraction of sp³-hybridized carbons (Fsp3) is 0.533. The van der Waals surface area contributed by atoms with Crippen LogP contribution in [0.25, 0.3) is 0 Å². The molecule has 0 fully saturated rings. The second-order valence-electron chi connectivity index (χ2n) is 5.56. The quantitative estimate of drug-likeness (QED) is 0.851. The van der Waals surface area contributed by atoms with E-state index in [0.717, 1.165) is 18.5 Å². The molecule has 1 aromatic heterocycles. The average Bonchev–Trinajstić information content (AvgIpc) is 2.84. The molecule has 1 aromatic rings. The van der Waals surface area contributed by atoms with Crippen LogP contribution in [0.5, 0.6) is 0 Å². The molecule has 1 unspecified atom stereocenters. The van der Waals surface area contributed by atoms with Gasteiger partial charge in [-0.3, -0.25) is 4.79 Å². The first-order chi connectivity index (χ1) is 9.51. The molecular weight excluding hydrogens is 254 g/mol. The van der Waals surface area contributed by atoms with Crippen molar-refractivity contribution in [2.45, 2.75) is 39.7 Å². The van der Waals surface area contributed by atoms with E-state index in [1.165, 1.54) is 0 Å². The minimum atomic E-state index is -0.452. The lowest BCUT2D eigenvalue weighted by molar-refractivity contribution is 0.0741. The summed E-state index contributed by atoms with van der Waals surface area (Å²) in [5.41, 5.74) is 0.557. The third kappa shape index (κ3) is 3.15. The lowest BCUT2D eigenvalue weighted by atomic mass is 10.1. The predicted octanol–water partition coefficient (Wildman–Crippen LogP) is 1.76. The van der Waals surface area contributed by atoms with Gasteiger partial charge in [-0.2, -0.15) is 4.98 Å². The summed E-state index contributed by atoms with van der Waals surface area (Å²) in [5.74, 6) is 0.241. The van der Waals surface area contributed by atoms with Crippen molar-refractivity contribution in [3.8, 4) is 0 Å². The molecule has 1 atom stereocenters. The van der Waals surface area contributed by atoms with E-state index < -0.39 is 5.69 Å². The maximum atomic E-state index is 12.5. The van der Waals surface area contributed by atoms with E-state index in [2.05, 4.69) is 23.8 Å². The molecule has 5 nitrogen and oxygen atoms in total. The minimum Gasteiger partial charge on any atom is -0.327 e. The summed E-state index contributed by atoms with van der Waals surface area (Å²) >= 11 is 0. The molecule has 2 rings (SSSR count). The second kappa shape index (κ2) is 6.03. The number of nitrogens with zero attached hydrogens (tertiary/aromatic N) is 2. The lowest BCUT2D eigenvalue weighted by Crippen LogP contribution is -2.37. The van der Waals surface area contributed by atoms with Crippen LogP contribution in [0.3, 0.4) is 0 Å². The maximum absolute atomic E-state index is 12.5. The summed E-state index contributed by atoms with van der Waals surface area (Å²) in [6.45, 7) is 6.76. The van der Waals surface area contributed by atoms with E-state index in [-0.39, 0.29) is 17.6 Å². The molecule has 20 heavy (non-hydrogen) atoms. The Labute approximate surface area is 118 Å². The molecular formula is C15H21N3O2. The van der Waals surface area contributed by atoms with Gasteiger partial charge in [-0.05, 0) is 24.8 Å². The van der Waals surface area contributed by atoms with Gasteiger partial charge in [-0.1, -0.05) is 32.9 Å². The molecule has 0 aliphatic carbocycles. The van der Waals surface area contributed by atoms with Gasteiger partial charge in [0, 0.05) is 12.2 Å². The summed E-state index contributed by atoms with van der Waals surface area (Å²) in [5, 5.41) is 0. The first-order valence-electron chi connectivity index (χ1n) is 7.09. The molecule has 1 aliphatic rings. The monoisotopic (exact) mass is 275 g/mol. The Morgan fingerprint density at radius 2 is 2.30 bits per heavy atom. The van der Waals surface area contributed by atoms with Crippen LogP contribution in [0, 0.1) is 5.92 Å². The van der Waals surface area contributed by atoms with Gasteiger partial charge >= 0.3 is 5.69 Å². The molecule has 0 aromatic carbocycles. The Morgan fingerprint density at radius 1 is 1.55 bits per heavy atom. The van der Waals surface area contributed by atoms with Crippen molar-refractivity contribution >= 4 is 5.91 Å². The standard InChI is InChI=1S/C15H21N3O2/c1-4-12-6-5-7-18(12)14(19)13-9-11(8-10(2)3)16-15(20)17-13/h5-6,9-10,12H,4,7-8H2,1-3H3,(H,16,17,20). The molecule has 1 aliphatic heterocycles. The normalized spacial score (nSPS) is 18.0. The number of H-pyrrole nitrogens is 1. The number of aromatic amines is 1. The van der Waals surface area contributed by atoms with Crippen LogP contribution >= 0.6 is 0 Å². The first kappa shape index (κ1) is 14.5. The third-order valence-electron chi connectivity index (χ3n) is 3.39. The van der Waals surface area contributed by atoms with E-state index in [0.29, 0.717) is 12.5 Å². The maximum Gasteiger partial charge on any atom is 0.345 e. The topological polar surface area (TPSA) is 66.1 Å². The highest BCUT2D eigenvalue weighted by Gasteiger charge is 2.25. The van der Waals surface area contributed by atoms with Gasteiger partial charge in [-0.25, -0.2) is 4.79 Å². The molecule has 0 saturated carbocycles. The fourth-order valence-electron chi connectivity index (χ4n) is 2.48. The van der Waals surface area contributed by atoms with E-state index in [4.69, 9.17) is 0 Å². The smallest absolute Gasteiger partial charge is 0.327 e. The van der Waals surface area contributed by atoms with E-state index >= 15 is 0 Å². The average molecular weight is 275 g/mol. The highest BCUT2D eigenvalue weighted by atomic mass is 16.2. The zero-order chi connectivity index (χ0) is 14.7. The molecule has 0 bridgehead atoms. The highest BCUT2D eigenvalue weighted by molar-refractivity contribution is 5.93. The van der Waals surface area contributed by atoms with Crippen molar-refractivity contribution in [2.75, 3.05) is 6.54 Å². The molecule has 1 N–H and O–H groups in total. The fourth-order valence-corrected chi connectivity index (χ4v) is 2.48. The summed E-state index contributed by atoms with van der Waals surface area (Å²) in [7, 11) is 0. The SMILES string of the molecule is CCC1C=CCN1C(=O)c1cc(CC(C)C)[nH]c(=O)n1. The predicted molar refractivity (Wildman–Crippen MR) is 77.7 cm³/mol. The number of amides is 1. The van der Waals surface area contributed by atoms with Crippen molar-refractivity contribution in [1.29, 1.82) is 0 Å². The molecule has 0 spiro atoms. The van der Waals surface area contributed by atoms with Crippen LogP contribution < -0.4 is 5.69 Å². The van der Waals surface area contributed by atoms with Gasteiger partial charge in [0.2, 0.25) is 0 Å². The van der Waals surface area contributed by atoms with Crippen molar-refractivity contribution < 1.29 is 4.79 Å². The minimum absolute atomic E-state index is 0.108. The van der Waals surface area contributed by atoms with Crippen LogP contribution in [0.1, 0.15) is 43.4 Å². The van der Waals surface area contributed by atoms with Gasteiger partial charge in [0.05, 0.1) is 6.04 Å². The first-order valence-corrected chi connectivity index (χ1v) is 7.09. The number of carbonyl (C=O) groups excluding carboxylic acids is 1. The number of hydrogen-bond donors (Lipinski definition) is 1. The van der Waals surface area contributed by atoms with Crippen LogP contribution in [-0.2, 0) is 6.42 Å². The number of rotatable bonds is 4. The van der Waals surface area contributed by atoms with Crippen molar-refractivity contribution in [2.24, 2.45) is 5.92 Å². The van der Waals surface area contributed by atoms with Gasteiger partial charge in [0.25, 0.3) is 5.91 Å². The molecule has 2 heterocycles. The number of nitrogens with one attached hydrogen (secondary N) is 1. The molecule has 1 amide bonds. The Hall–Kier alpha value is -1.91. The van der Waals surface area contributed by atoms with Crippen LogP contribution in [0.2, 0.25) is 0 Å². The summed E-state index contributed by atoms with van der Waals surface area (Å²) in [6.07, 6.45) is 5.60. The second-order valence-corrected chi connectivity index (χ2v) is 5.56. The van der Waals surface area contributed by atoms with Gasteiger partial charge in [-0.15, -0.1) is 0 Å². The summed E-state index contributed by atoms with van der Waals surface area (Å²) in [4.78, 5) is 32.4. The van der Waals surface area contributed by atoms with Crippen molar-refractivity contribution in [1.82, 2.24) is 14.9 Å². The van der Waals surface area contributed by atoms with Gasteiger partial charge in [0.15, 0.2) is 0 Å². The number of aromatic nitrogens is 2. The van der Waals surface area contributed by atoms with Crippen LogP contribution in [-0.4, -0.2) is 33.4 Å². The molecule has 108 valence electrons. The molecule has 0 radical (unpaired) electrons.